The quantitative estimate of drug-likeness (QED) is 0.886. The number of pyridine rings is 1. The summed E-state index contributed by atoms with van der Waals surface area (Å²) in [5.74, 6) is 0.809. The van der Waals surface area contributed by atoms with Crippen LogP contribution in [0.4, 0.5) is 5.69 Å². The van der Waals surface area contributed by atoms with E-state index in [0.29, 0.717) is 17.2 Å². The summed E-state index contributed by atoms with van der Waals surface area (Å²) in [6, 6.07) is 6.82. The van der Waals surface area contributed by atoms with Crippen LogP contribution >= 0.6 is 0 Å². The number of nitrogens with one attached hydrogen (secondary N) is 2. The molecule has 1 aliphatic heterocycles. The van der Waals surface area contributed by atoms with Crippen LogP contribution in [0.1, 0.15) is 28.0 Å². The maximum Gasteiger partial charge on any atom is 0.261 e. The molecule has 1 aliphatic carbocycles. The van der Waals surface area contributed by atoms with E-state index in [-0.39, 0.29) is 17.9 Å². The van der Waals surface area contributed by atoms with E-state index in [0.717, 1.165) is 30.5 Å². The summed E-state index contributed by atoms with van der Waals surface area (Å²) in [4.78, 5) is 27.2. The van der Waals surface area contributed by atoms with Crippen LogP contribution in [0.2, 0.25) is 0 Å². The van der Waals surface area contributed by atoms with Gasteiger partial charge in [0.1, 0.15) is 5.56 Å². The number of aromatic nitrogens is 1. The SMILES string of the molecule is O=C(Nc1ccc2c(c1)OCO2)c1cc2c([nH]c1=O)CCC2. The predicted octanol–water partition coefficient (Wildman–Crippen LogP) is 1.84. The summed E-state index contributed by atoms with van der Waals surface area (Å²) in [6.07, 6.45) is 2.78. The van der Waals surface area contributed by atoms with Crippen molar-refractivity contribution in [2.75, 3.05) is 12.1 Å². The first-order valence-electron chi connectivity index (χ1n) is 7.17. The lowest BCUT2D eigenvalue weighted by Crippen LogP contribution is -2.24. The number of anilines is 1. The first-order valence-corrected chi connectivity index (χ1v) is 7.17. The Morgan fingerprint density at radius 1 is 1.14 bits per heavy atom. The minimum Gasteiger partial charge on any atom is -0.454 e. The number of benzene rings is 1. The number of carbonyl (C=O) groups is 1. The Morgan fingerprint density at radius 3 is 2.91 bits per heavy atom. The van der Waals surface area contributed by atoms with Crippen LogP contribution in [-0.2, 0) is 12.8 Å². The summed E-state index contributed by atoms with van der Waals surface area (Å²) < 4.78 is 10.5. The summed E-state index contributed by atoms with van der Waals surface area (Å²) in [5, 5.41) is 2.73. The molecule has 22 heavy (non-hydrogen) atoms. The van der Waals surface area contributed by atoms with Crippen molar-refractivity contribution in [2.45, 2.75) is 19.3 Å². The molecule has 0 spiro atoms. The Balaban J connectivity index is 1.61. The number of H-pyrrole nitrogens is 1. The van der Waals surface area contributed by atoms with Crippen molar-refractivity contribution in [1.29, 1.82) is 0 Å². The molecule has 6 heteroatoms. The van der Waals surface area contributed by atoms with Gasteiger partial charge in [-0.25, -0.2) is 0 Å². The Bertz CT molecular complexity index is 825. The third-order valence-electron chi connectivity index (χ3n) is 3.96. The molecular formula is C16H14N2O4. The molecule has 0 unspecified atom stereocenters. The first-order chi connectivity index (χ1) is 10.7. The van der Waals surface area contributed by atoms with Gasteiger partial charge in [-0.05, 0) is 43.0 Å². The summed E-state index contributed by atoms with van der Waals surface area (Å²) in [7, 11) is 0. The van der Waals surface area contributed by atoms with E-state index >= 15 is 0 Å². The van der Waals surface area contributed by atoms with Crippen LogP contribution in [0, 0.1) is 0 Å². The molecule has 6 nitrogen and oxygen atoms in total. The van der Waals surface area contributed by atoms with E-state index in [1.54, 1.807) is 24.3 Å². The van der Waals surface area contributed by atoms with Gasteiger partial charge >= 0.3 is 0 Å². The van der Waals surface area contributed by atoms with Crippen molar-refractivity contribution >= 4 is 11.6 Å². The van der Waals surface area contributed by atoms with Gasteiger partial charge in [0, 0.05) is 17.4 Å². The molecule has 0 atom stereocenters. The fraction of sp³-hybridized carbons (Fsp3) is 0.250. The van der Waals surface area contributed by atoms with Gasteiger partial charge in [0.2, 0.25) is 6.79 Å². The van der Waals surface area contributed by atoms with E-state index in [1.165, 1.54) is 0 Å². The van der Waals surface area contributed by atoms with Crippen LogP contribution in [0.3, 0.4) is 0 Å². The van der Waals surface area contributed by atoms with Gasteiger partial charge in [0.15, 0.2) is 11.5 Å². The molecule has 2 heterocycles. The molecule has 112 valence electrons. The molecule has 2 aliphatic rings. The minimum atomic E-state index is -0.421. The number of aromatic amines is 1. The van der Waals surface area contributed by atoms with Gasteiger partial charge in [-0.2, -0.15) is 0 Å². The van der Waals surface area contributed by atoms with Crippen molar-refractivity contribution in [3.05, 3.63) is 51.4 Å². The lowest BCUT2D eigenvalue weighted by Gasteiger charge is -2.07. The second-order valence-corrected chi connectivity index (χ2v) is 5.39. The average Bonchev–Trinajstić information content (AvgIpc) is 3.13. The van der Waals surface area contributed by atoms with Crippen LogP contribution < -0.4 is 20.3 Å². The van der Waals surface area contributed by atoms with Gasteiger partial charge in [0.05, 0.1) is 0 Å². The molecular weight excluding hydrogens is 284 g/mol. The standard InChI is InChI=1S/C16H14N2O4/c19-15(11-6-9-2-1-3-12(9)18-16(11)20)17-10-4-5-13-14(7-10)22-8-21-13/h4-7H,1-3,8H2,(H,17,19)(H,18,20). The molecule has 0 radical (unpaired) electrons. The number of ether oxygens (including phenoxy) is 2. The number of aryl methyl sites for hydroxylation is 2. The van der Waals surface area contributed by atoms with Crippen LogP contribution in [-0.4, -0.2) is 17.7 Å². The lowest BCUT2D eigenvalue weighted by atomic mass is 10.1. The van der Waals surface area contributed by atoms with Gasteiger partial charge in [-0.15, -0.1) is 0 Å². The van der Waals surface area contributed by atoms with Crippen molar-refractivity contribution < 1.29 is 14.3 Å². The van der Waals surface area contributed by atoms with Crippen molar-refractivity contribution in [3.8, 4) is 11.5 Å². The zero-order valence-corrected chi connectivity index (χ0v) is 11.8. The minimum absolute atomic E-state index is 0.137. The molecule has 1 aromatic carbocycles. The maximum atomic E-state index is 12.3. The fourth-order valence-electron chi connectivity index (χ4n) is 2.85. The largest absolute Gasteiger partial charge is 0.454 e. The summed E-state index contributed by atoms with van der Waals surface area (Å²) >= 11 is 0. The summed E-state index contributed by atoms with van der Waals surface area (Å²) in [6.45, 7) is 0.178. The average molecular weight is 298 g/mol. The number of hydrogen-bond donors (Lipinski definition) is 2. The lowest BCUT2D eigenvalue weighted by molar-refractivity contribution is 0.102. The van der Waals surface area contributed by atoms with E-state index < -0.39 is 5.91 Å². The van der Waals surface area contributed by atoms with Gasteiger partial charge in [0.25, 0.3) is 11.5 Å². The molecule has 1 amide bonds. The highest BCUT2D eigenvalue weighted by Gasteiger charge is 2.19. The highest BCUT2D eigenvalue weighted by Crippen LogP contribution is 2.34. The molecule has 2 aromatic rings. The predicted molar refractivity (Wildman–Crippen MR) is 79.6 cm³/mol. The highest BCUT2D eigenvalue weighted by atomic mass is 16.7. The normalized spacial score (nSPS) is 14.7. The number of fused-ring (bicyclic) bond motifs is 2. The number of rotatable bonds is 2. The number of hydrogen-bond acceptors (Lipinski definition) is 4. The third-order valence-corrected chi connectivity index (χ3v) is 3.96. The van der Waals surface area contributed by atoms with Gasteiger partial charge < -0.3 is 19.8 Å². The zero-order chi connectivity index (χ0) is 15.1. The highest BCUT2D eigenvalue weighted by molar-refractivity contribution is 6.04. The van der Waals surface area contributed by atoms with Crippen LogP contribution in [0.25, 0.3) is 0 Å². The number of carbonyl (C=O) groups excluding carboxylic acids is 1. The monoisotopic (exact) mass is 298 g/mol. The van der Waals surface area contributed by atoms with E-state index in [9.17, 15) is 9.59 Å². The van der Waals surface area contributed by atoms with Gasteiger partial charge in [-0.3, -0.25) is 9.59 Å². The van der Waals surface area contributed by atoms with E-state index in [1.807, 2.05) is 0 Å². The smallest absolute Gasteiger partial charge is 0.261 e. The second kappa shape index (κ2) is 4.91. The van der Waals surface area contributed by atoms with E-state index in [2.05, 4.69) is 10.3 Å². The van der Waals surface area contributed by atoms with E-state index in [4.69, 9.17) is 9.47 Å². The van der Waals surface area contributed by atoms with Crippen molar-refractivity contribution in [1.82, 2.24) is 4.98 Å². The van der Waals surface area contributed by atoms with Crippen molar-refractivity contribution in [2.24, 2.45) is 0 Å². The molecule has 0 fully saturated rings. The Hall–Kier alpha value is -2.76. The molecule has 0 saturated heterocycles. The molecule has 0 saturated carbocycles. The van der Waals surface area contributed by atoms with Crippen LogP contribution in [0.15, 0.2) is 29.1 Å². The second-order valence-electron chi connectivity index (χ2n) is 5.39. The molecule has 0 bridgehead atoms. The molecule has 4 rings (SSSR count). The molecule has 2 N–H and O–H groups in total. The van der Waals surface area contributed by atoms with Crippen LogP contribution in [0.5, 0.6) is 11.5 Å². The number of amides is 1. The maximum absolute atomic E-state index is 12.3. The Labute approximate surface area is 126 Å². The molecule has 1 aromatic heterocycles. The first kappa shape index (κ1) is 12.9. The zero-order valence-electron chi connectivity index (χ0n) is 11.8. The Kier molecular flexibility index (Phi) is 2.89. The summed E-state index contributed by atoms with van der Waals surface area (Å²) in [5.41, 5.74) is 2.35. The topological polar surface area (TPSA) is 80.4 Å². The Morgan fingerprint density at radius 2 is 2.00 bits per heavy atom. The van der Waals surface area contributed by atoms with Gasteiger partial charge in [-0.1, -0.05) is 0 Å². The third kappa shape index (κ3) is 2.13. The van der Waals surface area contributed by atoms with Crippen molar-refractivity contribution in [3.63, 3.8) is 0 Å². The fourth-order valence-corrected chi connectivity index (χ4v) is 2.85.